The van der Waals surface area contributed by atoms with Gasteiger partial charge in [-0.15, -0.1) is 0 Å². The molecule has 0 aromatic rings. The second-order valence-corrected chi connectivity index (χ2v) is 6.87. The van der Waals surface area contributed by atoms with Crippen LogP contribution in [0, 0.1) is 5.41 Å². The molecular formula is C8H11NW2. The third-order valence-electron chi connectivity index (χ3n) is 1.67. The molecule has 0 saturated carbocycles. The van der Waals surface area contributed by atoms with Crippen LogP contribution in [0.15, 0.2) is 4.99 Å². The molecular weight excluding hydrogens is 478 g/mol. The van der Waals surface area contributed by atoms with Crippen molar-refractivity contribution < 1.29 is 38.7 Å². The molecule has 0 spiro atoms. The zero-order chi connectivity index (χ0) is 8.65. The number of hydrogen-bond acceptors (Lipinski definition) is 1. The third-order valence-corrected chi connectivity index (χ3v) is 6.11. The van der Waals surface area contributed by atoms with Crippen molar-refractivity contribution in [2.24, 2.45) is 10.4 Å². The summed E-state index contributed by atoms with van der Waals surface area (Å²) in [7, 11) is 0. The minimum atomic E-state index is 0.276. The average Bonchev–Trinajstić information content (AvgIpc) is 2.11. The predicted octanol–water partition coefficient (Wildman–Crippen LogP) is 1.27. The number of nitrogens with zero attached hydrogens (tertiary/aromatic N) is 1. The predicted molar refractivity (Wildman–Crippen MR) is 41.5 cm³/mol. The van der Waals surface area contributed by atoms with Crippen molar-refractivity contribution in [3.63, 3.8) is 0 Å². The molecule has 0 N–H and O–H groups in total. The molecule has 1 aliphatic rings. The molecule has 0 amide bonds. The van der Waals surface area contributed by atoms with Crippen LogP contribution in [0.2, 0.25) is 0 Å². The van der Waals surface area contributed by atoms with E-state index in [4.69, 9.17) is 0 Å². The maximum atomic E-state index is 4.59. The Balaban J connectivity index is 2.88. The standard InChI is InChI=1S/C8H11N.2W/c1-8(2,3)7-5-4-6-9-7;;/h5H2,1-3H3;;. The molecule has 0 bridgehead atoms. The van der Waals surface area contributed by atoms with Gasteiger partial charge in [0, 0.05) is 0 Å². The topological polar surface area (TPSA) is 12.4 Å². The summed E-state index contributed by atoms with van der Waals surface area (Å²) in [6.45, 7) is 6.72. The summed E-state index contributed by atoms with van der Waals surface area (Å²) in [5.41, 5.74) is 1.64. The zero-order valence-corrected chi connectivity index (χ0v) is 12.8. The van der Waals surface area contributed by atoms with Crippen molar-refractivity contribution in [3.8, 4) is 0 Å². The van der Waals surface area contributed by atoms with Crippen LogP contribution in [0.3, 0.4) is 0 Å². The molecule has 0 aliphatic carbocycles. The first-order valence-corrected chi connectivity index (χ1v) is 6.50. The van der Waals surface area contributed by atoms with E-state index in [0.717, 1.165) is 6.42 Å². The quantitative estimate of drug-likeness (QED) is 0.487. The van der Waals surface area contributed by atoms with Gasteiger partial charge in [-0.25, -0.2) is 0 Å². The Morgan fingerprint density at radius 2 is 1.82 bits per heavy atom. The molecule has 1 aliphatic heterocycles. The van der Waals surface area contributed by atoms with Crippen LogP contribution in [0.25, 0.3) is 0 Å². The van der Waals surface area contributed by atoms with Crippen LogP contribution in [0.4, 0.5) is 0 Å². The summed E-state index contributed by atoms with van der Waals surface area (Å²) in [6.07, 6.45) is 1.14. The summed E-state index contributed by atoms with van der Waals surface area (Å²) < 4.78 is 2.88. The average molecular weight is 489 g/mol. The van der Waals surface area contributed by atoms with Crippen molar-refractivity contribution in [2.45, 2.75) is 27.2 Å². The van der Waals surface area contributed by atoms with E-state index in [1.165, 1.54) is 29.1 Å². The summed E-state index contributed by atoms with van der Waals surface area (Å²) in [4.78, 5) is 4.59. The fraction of sp³-hybridized carbons (Fsp3) is 0.625. The van der Waals surface area contributed by atoms with Crippen molar-refractivity contribution in [1.29, 1.82) is 0 Å². The van der Waals surface area contributed by atoms with Gasteiger partial charge in [0.15, 0.2) is 0 Å². The Bertz CT molecular complexity index is 245. The molecule has 0 fully saturated rings. The normalized spacial score (nSPS) is 19.0. The van der Waals surface area contributed by atoms with Gasteiger partial charge >= 0.3 is 89.9 Å². The molecule has 0 aromatic carbocycles. The van der Waals surface area contributed by atoms with Gasteiger partial charge in [0.2, 0.25) is 0 Å². The second-order valence-electron chi connectivity index (χ2n) is 3.71. The SMILES string of the molecule is CC(C)(C)C1=N[C](=[W])[C](=[W])C1. The Labute approximate surface area is 89.5 Å². The van der Waals surface area contributed by atoms with Gasteiger partial charge in [-0.3, -0.25) is 0 Å². The molecule has 0 unspecified atom stereocenters. The number of hydrogen-bond donors (Lipinski definition) is 0. The Morgan fingerprint density at radius 3 is 2.00 bits per heavy atom. The van der Waals surface area contributed by atoms with E-state index < -0.39 is 0 Å². The summed E-state index contributed by atoms with van der Waals surface area (Å²) >= 11 is 3.11. The van der Waals surface area contributed by atoms with Crippen LogP contribution in [0.5, 0.6) is 0 Å². The van der Waals surface area contributed by atoms with Crippen molar-refractivity contribution >= 4 is 13.6 Å². The Hall–Kier alpha value is 0.787. The van der Waals surface area contributed by atoms with Gasteiger partial charge in [0.05, 0.1) is 0 Å². The third kappa shape index (κ3) is 2.36. The van der Waals surface area contributed by atoms with E-state index in [1.807, 2.05) is 0 Å². The van der Waals surface area contributed by atoms with Gasteiger partial charge in [0.25, 0.3) is 0 Å². The first kappa shape index (κ1) is 9.87. The van der Waals surface area contributed by atoms with Crippen LogP contribution < -0.4 is 0 Å². The molecule has 0 radical (unpaired) electrons. The van der Waals surface area contributed by atoms with Crippen LogP contribution in [-0.4, -0.2) is 13.6 Å². The van der Waals surface area contributed by atoms with Gasteiger partial charge < -0.3 is 0 Å². The molecule has 0 aromatic heterocycles. The van der Waals surface area contributed by atoms with Crippen LogP contribution in [-0.2, 0) is 38.7 Å². The van der Waals surface area contributed by atoms with Crippen LogP contribution in [0.1, 0.15) is 27.2 Å². The second kappa shape index (κ2) is 3.27. The van der Waals surface area contributed by atoms with Gasteiger partial charge in [-0.1, -0.05) is 0 Å². The molecule has 0 saturated heterocycles. The van der Waals surface area contributed by atoms with Gasteiger partial charge in [0.1, 0.15) is 0 Å². The van der Waals surface area contributed by atoms with Crippen LogP contribution >= 0.6 is 0 Å². The molecule has 1 nitrogen and oxygen atoms in total. The Morgan fingerprint density at radius 1 is 1.27 bits per heavy atom. The molecule has 11 heavy (non-hydrogen) atoms. The molecule has 3 heteroatoms. The van der Waals surface area contributed by atoms with Crippen molar-refractivity contribution in [3.05, 3.63) is 0 Å². The first-order chi connectivity index (χ1) is 4.91. The molecule has 1 rings (SSSR count). The van der Waals surface area contributed by atoms with E-state index in [2.05, 4.69) is 25.8 Å². The maximum absolute atomic E-state index is 4.59. The van der Waals surface area contributed by atoms with Gasteiger partial charge in [-0.2, -0.15) is 0 Å². The molecule has 60 valence electrons. The molecule has 0 atom stereocenters. The van der Waals surface area contributed by atoms with E-state index in [0.29, 0.717) is 0 Å². The number of aliphatic imine (C=N–C) groups is 1. The summed E-state index contributed by atoms with van der Waals surface area (Å²) in [6, 6.07) is 0. The molecule has 1 heterocycles. The van der Waals surface area contributed by atoms with E-state index in [-0.39, 0.29) is 5.41 Å². The fourth-order valence-corrected chi connectivity index (χ4v) is 2.20. The van der Waals surface area contributed by atoms with Crippen molar-refractivity contribution in [2.75, 3.05) is 0 Å². The monoisotopic (exact) mass is 489 g/mol. The first-order valence-electron chi connectivity index (χ1n) is 3.56. The van der Waals surface area contributed by atoms with E-state index in [1.54, 1.807) is 23.3 Å². The van der Waals surface area contributed by atoms with E-state index in [9.17, 15) is 0 Å². The minimum absolute atomic E-state index is 0.276. The summed E-state index contributed by atoms with van der Waals surface area (Å²) in [5.74, 6) is 0. The number of rotatable bonds is 0. The van der Waals surface area contributed by atoms with E-state index >= 15 is 0 Å². The Kier molecular flexibility index (Phi) is 2.93. The zero-order valence-electron chi connectivity index (χ0n) is 6.97. The van der Waals surface area contributed by atoms with Gasteiger partial charge in [-0.05, 0) is 0 Å². The van der Waals surface area contributed by atoms with Crippen molar-refractivity contribution in [1.82, 2.24) is 0 Å². The fourth-order valence-electron chi connectivity index (χ4n) is 0.885. The summed E-state index contributed by atoms with van der Waals surface area (Å²) in [5, 5.41) is 0.